The molecule has 1 aliphatic rings. The summed E-state index contributed by atoms with van der Waals surface area (Å²) < 4.78 is 36.9. The smallest absolute Gasteiger partial charge is 0.340 e. The van der Waals surface area contributed by atoms with Gasteiger partial charge in [-0.3, -0.25) is 4.79 Å². The summed E-state index contributed by atoms with van der Waals surface area (Å²) in [7, 11) is -3.78. The highest BCUT2D eigenvalue weighted by atomic mass is 35.5. The number of amides is 1. The fourth-order valence-electron chi connectivity index (χ4n) is 2.63. The molecule has 8 nitrogen and oxygen atoms in total. The third kappa shape index (κ3) is 5.19. The molecule has 2 rings (SSSR count). The van der Waals surface area contributed by atoms with Gasteiger partial charge in [0.2, 0.25) is 10.0 Å². The molecule has 0 aliphatic carbocycles. The van der Waals surface area contributed by atoms with Crippen LogP contribution in [0.3, 0.4) is 0 Å². The molecule has 1 aromatic rings. The maximum Gasteiger partial charge on any atom is 0.340 e. The van der Waals surface area contributed by atoms with Crippen LogP contribution in [0, 0.1) is 0 Å². The van der Waals surface area contributed by atoms with Crippen molar-refractivity contribution >= 4 is 33.5 Å². The van der Waals surface area contributed by atoms with Crippen LogP contribution in [0.4, 0.5) is 0 Å². The third-order valence-electron chi connectivity index (χ3n) is 4.21. The number of halogens is 1. The number of morpholine rings is 1. The summed E-state index contributed by atoms with van der Waals surface area (Å²) in [6, 6.07) is 3.85. The molecule has 1 fully saturated rings. The summed E-state index contributed by atoms with van der Waals surface area (Å²) in [5, 5.41) is 0.0521. The third-order valence-corrected chi connectivity index (χ3v) is 6.43. The van der Waals surface area contributed by atoms with Crippen LogP contribution in [0.1, 0.15) is 24.2 Å². The molecule has 0 N–H and O–H groups in total. The number of nitrogens with zero attached hydrogens (tertiary/aromatic N) is 2. The molecule has 0 radical (unpaired) electrons. The van der Waals surface area contributed by atoms with Gasteiger partial charge in [0.15, 0.2) is 6.61 Å². The lowest BCUT2D eigenvalue weighted by Gasteiger charge is -2.26. The van der Waals surface area contributed by atoms with Crippen molar-refractivity contribution in [1.82, 2.24) is 9.21 Å². The zero-order valence-corrected chi connectivity index (χ0v) is 16.9. The topological polar surface area (TPSA) is 93.2 Å². The first kappa shape index (κ1) is 21.6. The first-order valence-electron chi connectivity index (χ1n) is 8.63. The molecule has 0 saturated carbocycles. The Morgan fingerprint density at radius 1 is 1.22 bits per heavy atom. The van der Waals surface area contributed by atoms with Gasteiger partial charge in [0, 0.05) is 26.2 Å². The molecule has 0 spiro atoms. The van der Waals surface area contributed by atoms with Gasteiger partial charge >= 0.3 is 5.97 Å². The minimum Gasteiger partial charge on any atom is -0.452 e. The van der Waals surface area contributed by atoms with E-state index in [1.807, 2.05) is 13.8 Å². The second-order valence-electron chi connectivity index (χ2n) is 5.80. The largest absolute Gasteiger partial charge is 0.452 e. The molecule has 1 saturated heterocycles. The first-order chi connectivity index (χ1) is 12.8. The minimum atomic E-state index is -3.78. The Morgan fingerprint density at radius 2 is 1.85 bits per heavy atom. The van der Waals surface area contributed by atoms with Crippen molar-refractivity contribution in [3.63, 3.8) is 0 Å². The van der Waals surface area contributed by atoms with Crippen molar-refractivity contribution in [2.45, 2.75) is 18.7 Å². The predicted molar refractivity (Wildman–Crippen MR) is 99.2 cm³/mol. The average Bonchev–Trinajstić information content (AvgIpc) is 2.68. The highest BCUT2D eigenvalue weighted by Crippen LogP contribution is 2.24. The highest BCUT2D eigenvalue weighted by molar-refractivity contribution is 7.89. The number of likely N-dealkylation sites (N-methyl/N-ethyl adjacent to an activating group) is 1. The summed E-state index contributed by atoms with van der Waals surface area (Å²) >= 11 is 6.03. The Labute approximate surface area is 164 Å². The number of benzene rings is 1. The van der Waals surface area contributed by atoms with E-state index in [-0.39, 0.29) is 34.5 Å². The molecule has 1 amide bonds. The van der Waals surface area contributed by atoms with E-state index in [1.165, 1.54) is 27.4 Å². The molecular weight excluding hydrogens is 396 g/mol. The normalized spacial score (nSPS) is 15.4. The average molecular weight is 419 g/mol. The SMILES string of the molecule is CCN(CC)C(=O)COC(=O)c1cc(S(=O)(=O)N2CCOCC2)ccc1Cl. The number of esters is 1. The summed E-state index contributed by atoms with van der Waals surface area (Å²) in [6.07, 6.45) is 0. The van der Waals surface area contributed by atoms with Gasteiger partial charge in [-0.05, 0) is 32.0 Å². The van der Waals surface area contributed by atoms with Crippen LogP contribution < -0.4 is 0 Å². The van der Waals surface area contributed by atoms with E-state index < -0.39 is 22.6 Å². The Morgan fingerprint density at radius 3 is 2.44 bits per heavy atom. The standard InChI is InChI=1S/C17H23ClN2O6S/c1-3-19(4-2)16(21)12-26-17(22)14-11-13(5-6-15(14)18)27(23,24)20-7-9-25-10-8-20/h5-6,11H,3-4,7-10,12H2,1-2H3. The number of hydrogen-bond acceptors (Lipinski definition) is 6. The maximum absolute atomic E-state index is 12.7. The predicted octanol–water partition coefficient (Wildman–Crippen LogP) is 1.39. The zero-order valence-electron chi connectivity index (χ0n) is 15.3. The number of hydrogen-bond donors (Lipinski definition) is 0. The molecular formula is C17H23ClN2O6S. The van der Waals surface area contributed by atoms with E-state index in [4.69, 9.17) is 21.1 Å². The summed E-state index contributed by atoms with van der Waals surface area (Å²) in [6.45, 7) is 5.32. The van der Waals surface area contributed by atoms with Crippen molar-refractivity contribution in [3.8, 4) is 0 Å². The zero-order chi connectivity index (χ0) is 20.0. The minimum absolute atomic E-state index is 0.0521. The van der Waals surface area contributed by atoms with Crippen molar-refractivity contribution < 1.29 is 27.5 Å². The number of carbonyl (C=O) groups is 2. The van der Waals surface area contributed by atoms with Crippen molar-refractivity contribution in [1.29, 1.82) is 0 Å². The van der Waals surface area contributed by atoms with Crippen molar-refractivity contribution in [2.24, 2.45) is 0 Å². The van der Waals surface area contributed by atoms with Crippen LogP contribution in [0.15, 0.2) is 23.1 Å². The van der Waals surface area contributed by atoms with Crippen LogP contribution >= 0.6 is 11.6 Å². The maximum atomic E-state index is 12.7. The lowest BCUT2D eigenvalue weighted by atomic mass is 10.2. The molecule has 0 unspecified atom stereocenters. The lowest BCUT2D eigenvalue weighted by Crippen LogP contribution is -2.40. The van der Waals surface area contributed by atoms with Crippen LogP contribution in [0.5, 0.6) is 0 Å². The van der Waals surface area contributed by atoms with E-state index >= 15 is 0 Å². The molecule has 27 heavy (non-hydrogen) atoms. The fourth-order valence-corrected chi connectivity index (χ4v) is 4.26. The second-order valence-corrected chi connectivity index (χ2v) is 8.15. The van der Waals surface area contributed by atoms with Crippen LogP contribution in [0.2, 0.25) is 5.02 Å². The molecule has 1 heterocycles. The highest BCUT2D eigenvalue weighted by Gasteiger charge is 2.28. The molecule has 0 atom stereocenters. The van der Waals surface area contributed by atoms with E-state index in [9.17, 15) is 18.0 Å². The van der Waals surface area contributed by atoms with Gasteiger partial charge in [-0.2, -0.15) is 4.31 Å². The summed E-state index contributed by atoms with van der Waals surface area (Å²) in [5.74, 6) is -1.18. The molecule has 150 valence electrons. The fraction of sp³-hybridized carbons (Fsp3) is 0.529. The van der Waals surface area contributed by atoms with Crippen LogP contribution in [-0.4, -0.2) is 75.5 Å². The summed E-state index contributed by atoms with van der Waals surface area (Å²) in [5.41, 5.74) is -0.0988. The van der Waals surface area contributed by atoms with E-state index in [0.29, 0.717) is 26.3 Å². The van der Waals surface area contributed by atoms with Gasteiger partial charge in [-0.1, -0.05) is 11.6 Å². The number of rotatable bonds is 7. The van der Waals surface area contributed by atoms with Gasteiger partial charge in [0.25, 0.3) is 5.91 Å². The van der Waals surface area contributed by atoms with Gasteiger partial charge in [-0.25, -0.2) is 13.2 Å². The van der Waals surface area contributed by atoms with Gasteiger partial charge < -0.3 is 14.4 Å². The molecule has 1 aromatic carbocycles. The van der Waals surface area contributed by atoms with E-state index in [0.717, 1.165) is 0 Å². The number of carbonyl (C=O) groups excluding carboxylic acids is 2. The van der Waals surface area contributed by atoms with Crippen molar-refractivity contribution in [2.75, 3.05) is 46.0 Å². The Hall–Kier alpha value is -1.68. The number of sulfonamides is 1. The Bertz CT molecular complexity index is 789. The van der Waals surface area contributed by atoms with Crippen molar-refractivity contribution in [3.05, 3.63) is 28.8 Å². The molecule has 1 aliphatic heterocycles. The Balaban J connectivity index is 2.16. The van der Waals surface area contributed by atoms with E-state index in [2.05, 4.69) is 0 Å². The summed E-state index contributed by atoms with van der Waals surface area (Å²) in [4.78, 5) is 25.7. The van der Waals surface area contributed by atoms with Crippen LogP contribution in [-0.2, 0) is 24.3 Å². The quantitative estimate of drug-likeness (QED) is 0.621. The van der Waals surface area contributed by atoms with E-state index in [1.54, 1.807) is 0 Å². The van der Waals surface area contributed by atoms with Gasteiger partial charge in [-0.15, -0.1) is 0 Å². The molecule has 0 aromatic heterocycles. The van der Waals surface area contributed by atoms with Gasteiger partial charge in [0.05, 0.1) is 28.7 Å². The lowest BCUT2D eigenvalue weighted by molar-refractivity contribution is -0.134. The van der Waals surface area contributed by atoms with Gasteiger partial charge in [0.1, 0.15) is 0 Å². The monoisotopic (exact) mass is 418 g/mol. The first-order valence-corrected chi connectivity index (χ1v) is 10.4. The molecule has 0 bridgehead atoms. The Kier molecular flexibility index (Phi) is 7.60. The molecule has 10 heteroatoms. The van der Waals surface area contributed by atoms with Crippen LogP contribution in [0.25, 0.3) is 0 Å². The number of ether oxygens (including phenoxy) is 2. The second kappa shape index (κ2) is 9.50.